The predicted octanol–water partition coefficient (Wildman–Crippen LogP) is 2.77. The van der Waals surface area contributed by atoms with Crippen LogP contribution in [0.25, 0.3) is 0 Å². The van der Waals surface area contributed by atoms with Gasteiger partial charge in [0.2, 0.25) is 0 Å². The van der Waals surface area contributed by atoms with Crippen LogP contribution in [0.5, 0.6) is 0 Å². The van der Waals surface area contributed by atoms with Crippen molar-refractivity contribution in [2.45, 2.75) is 38.5 Å². The van der Waals surface area contributed by atoms with Crippen molar-refractivity contribution < 1.29 is 0 Å². The zero-order valence-corrected chi connectivity index (χ0v) is 9.73. The first-order chi connectivity index (χ1) is 4.95. The molecule has 0 aliphatic heterocycles. The van der Waals surface area contributed by atoms with Gasteiger partial charge in [-0.15, -0.1) is 0 Å². The second-order valence-corrected chi connectivity index (χ2v) is 6.84. The van der Waals surface area contributed by atoms with E-state index in [0.717, 1.165) is 0 Å². The average Bonchev–Trinajstić information content (AvgIpc) is 1.85. The molecule has 1 atom stereocenters. The van der Waals surface area contributed by atoms with Crippen molar-refractivity contribution in [2.24, 2.45) is 0 Å². The highest BCUT2D eigenvalue weighted by Crippen LogP contribution is 2.35. The molecule has 1 nitrogen and oxygen atoms in total. The number of rotatable bonds is 4. The fourth-order valence-corrected chi connectivity index (χ4v) is 3.07. The minimum Gasteiger partial charge on any atom is -0.316 e. The maximum atomic E-state index is 3.22. The molecule has 0 aromatic heterocycles. The highest BCUT2D eigenvalue weighted by Gasteiger charge is 2.11. The molecule has 0 saturated carbocycles. The van der Waals surface area contributed by atoms with Crippen LogP contribution in [-0.4, -0.2) is 23.6 Å². The van der Waals surface area contributed by atoms with Gasteiger partial charge >= 0.3 is 0 Å². The zero-order valence-electron chi connectivity index (χ0n) is 8.10. The molecule has 0 unspecified atom stereocenters. The molecule has 0 aromatic carbocycles. The summed E-state index contributed by atoms with van der Waals surface area (Å²) in [5.74, 6) is 1.18. The van der Waals surface area contributed by atoms with Gasteiger partial charge in [0.15, 0.2) is 0 Å². The number of nitrogens with one attached hydrogen (secondary N) is 1. The van der Waals surface area contributed by atoms with Crippen LogP contribution in [0.4, 0.5) is 0 Å². The van der Waals surface area contributed by atoms with Gasteiger partial charge in [-0.2, -0.15) is 0 Å². The lowest BCUT2D eigenvalue weighted by atomic mass is 10.3. The van der Waals surface area contributed by atoms with Crippen molar-refractivity contribution in [2.75, 3.05) is 12.8 Å². The van der Waals surface area contributed by atoms with E-state index in [0.29, 0.717) is 10.8 Å². The molecule has 0 aliphatic carbocycles. The standard InChI is InChI=1S/C8H19NS2/c1-7(9-5)6-10-11-8(2,3)4/h7,9H,6H2,1-5H3/t7-/m1/s1. The Morgan fingerprint density at radius 2 is 1.91 bits per heavy atom. The fourth-order valence-electron chi connectivity index (χ4n) is 0.396. The lowest BCUT2D eigenvalue weighted by molar-refractivity contribution is 0.678. The molecule has 0 fully saturated rings. The smallest absolute Gasteiger partial charge is 0.0189 e. The first-order valence-electron chi connectivity index (χ1n) is 3.93. The van der Waals surface area contributed by atoms with Gasteiger partial charge in [-0.05, 0) is 14.0 Å². The van der Waals surface area contributed by atoms with Gasteiger partial charge in [0, 0.05) is 16.5 Å². The van der Waals surface area contributed by atoms with E-state index in [1.54, 1.807) is 0 Å². The molecular formula is C8H19NS2. The molecule has 0 aromatic rings. The fraction of sp³-hybridized carbons (Fsp3) is 1.00. The first-order valence-corrected chi connectivity index (χ1v) is 6.25. The molecule has 0 radical (unpaired) electrons. The van der Waals surface area contributed by atoms with E-state index in [9.17, 15) is 0 Å². The Morgan fingerprint density at radius 3 is 2.27 bits per heavy atom. The summed E-state index contributed by atoms with van der Waals surface area (Å²) >= 11 is 0. The van der Waals surface area contributed by atoms with Crippen LogP contribution in [0.2, 0.25) is 0 Å². The maximum Gasteiger partial charge on any atom is 0.0189 e. The van der Waals surface area contributed by atoms with Crippen molar-refractivity contribution in [3.05, 3.63) is 0 Å². The molecule has 0 saturated heterocycles. The van der Waals surface area contributed by atoms with Crippen molar-refractivity contribution in [3.63, 3.8) is 0 Å². The lowest BCUT2D eigenvalue weighted by Gasteiger charge is -2.17. The van der Waals surface area contributed by atoms with Crippen LogP contribution in [0.1, 0.15) is 27.7 Å². The van der Waals surface area contributed by atoms with E-state index in [1.807, 2.05) is 28.6 Å². The van der Waals surface area contributed by atoms with E-state index >= 15 is 0 Å². The lowest BCUT2D eigenvalue weighted by Crippen LogP contribution is -2.23. The molecule has 3 heteroatoms. The van der Waals surface area contributed by atoms with Crippen molar-refractivity contribution in [3.8, 4) is 0 Å². The Balaban J connectivity index is 3.28. The van der Waals surface area contributed by atoms with Gasteiger partial charge in [-0.25, -0.2) is 0 Å². The van der Waals surface area contributed by atoms with Crippen LogP contribution in [0, 0.1) is 0 Å². The normalized spacial score (nSPS) is 15.0. The van der Waals surface area contributed by atoms with E-state index < -0.39 is 0 Å². The molecule has 0 aliphatic rings. The summed E-state index contributed by atoms with van der Waals surface area (Å²) in [6, 6.07) is 0.620. The Morgan fingerprint density at radius 1 is 1.36 bits per heavy atom. The van der Waals surface area contributed by atoms with Crippen LogP contribution in [0.3, 0.4) is 0 Å². The third kappa shape index (κ3) is 8.57. The summed E-state index contributed by atoms with van der Waals surface area (Å²) in [4.78, 5) is 0. The maximum absolute atomic E-state index is 3.22. The average molecular weight is 193 g/mol. The van der Waals surface area contributed by atoms with E-state index in [-0.39, 0.29) is 0 Å². The molecule has 0 bridgehead atoms. The summed E-state index contributed by atoms with van der Waals surface area (Å²) in [6.07, 6.45) is 0. The van der Waals surface area contributed by atoms with Gasteiger partial charge in [0.05, 0.1) is 0 Å². The number of hydrogen-bond donors (Lipinski definition) is 1. The molecule has 68 valence electrons. The van der Waals surface area contributed by atoms with Gasteiger partial charge in [-0.1, -0.05) is 42.4 Å². The van der Waals surface area contributed by atoms with Crippen LogP contribution >= 0.6 is 21.6 Å². The molecule has 0 spiro atoms. The van der Waals surface area contributed by atoms with E-state index in [1.165, 1.54) is 5.75 Å². The van der Waals surface area contributed by atoms with Crippen LogP contribution in [0.15, 0.2) is 0 Å². The zero-order chi connectivity index (χ0) is 8.91. The van der Waals surface area contributed by atoms with Gasteiger partial charge in [0.25, 0.3) is 0 Å². The summed E-state index contributed by atoms with van der Waals surface area (Å²) in [5.41, 5.74) is 0. The molecular weight excluding hydrogens is 174 g/mol. The van der Waals surface area contributed by atoms with Gasteiger partial charge in [-0.3, -0.25) is 0 Å². The van der Waals surface area contributed by atoms with Gasteiger partial charge < -0.3 is 5.32 Å². The topological polar surface area (TPSA) is 12.0 Å². The van der Waals surface area contributed by atoms with Crippen molar-refractivity contribution in [1.82, 2.24) is 5.32 Å². The Bertz CT molecular complexity index is 98.8. The summed E-state index contributed by atoms with van der Waals surface area (Å²) in [6.45, 7) is 8.94. The van der Waals surface area contributed by atoms with Crippen LogP contribution in [-0.2, 0) is 0 Å². The molecule has 0 amide bonds. The van der Waals surface area contributed by atoms with Crippen LogP contribution < -0.4 is 5.32 Å². The summed E-state index contributed by atoms with van der Waals surface area (Å²) < 4.78 is 0.387. The van der Waals surface area contributed by atoms with Gasteiger partial charge in [0.1, 0.15) is 0 Å². The quantitative estimate of drug-likeness (QED) is 0.690. The SMILES string of the molecule is CN[C@H](C)CSSC(C)(C)C. The largest absolute Gasteiger partial charge is 0.316 e. The van der Waals surface area contributed by atoms with Crippen molar-refractivity contribution >= 4 is 21.6 Å². The van der Waals surface area contributed by atoms with E-state index in [4.69, 9.17) is 0 Å². The third-order valence-electron chi connectivity index (χ3n) is 1.12. The predicted molar refractivity (Wildman–Crippen MR) is 58.3 cm³/mol. The molecule has 11 heavy (non-hydrogen) atoms. The second-order valence-electron chi connectivity index (χ2n) is 3.67. The van der Waals surface area contributed by atoms with Crippen molar-refractivity contribution in [1.29, 1.82) is 0 Å². The monoisotopic (exact) mass is 193 g/mol. The Labute approximate surface area is 78.5 Å². The highest BCUT2D eigenvalue weighted by atomic mass is 33.1. The molecule has 0 heterocycles. The Hall–Kier alpha value is 0.660. The minimum atomic E-state index is 0.387. The highest BCUT2D eigenvalue weighted by molar-refractivity contribution is 8.77. The van der Waals surface area contributed by atoms with E-state index in [2.05, 4.69) is 33.0 Å². The molecule has 0 rings (SSSR count). The second kappa shape index (κ2) is 5.33. The number of hydrogen-bond acceptors (Lipinski definition) is 3. The third-order valence-corrected chi connectivity index (χ3v) is 4.64. The first kappa shape index (κ1) is 11.7. The summed E-state index contributed by atoms with van der Waals surface area (Å²) in [7, 11) is 5.91. The summed E-state index contributed by atoms with van der Waals surface area (Å²) in [5, 5.41) is 3.22. The Kier molecular flexibility index (Phi) is 5.65. The molecule has 1 N–H and O–H groups in total. The minimum absolute atomic E-state index is 0.387.